The van der Waals surface area contributed by atoms with Gasteiger partial charge in [-0.25, -0.2) is 4.99 Å². The zero-order valence-electron chi connectivity index (χ0n) is 5.01. The molecule has 0 atom stereocenters. The van der Waals surface area contributed by atoms with Gasteiger partial charge in [0.25, 0.3) is 0 Å². The van der Waals surface area contributed by atoms with E-state index in [1.165, 1.54) is 0 Å². The van der Waals surface area contributed by atoms with Crippen LogP contribution in [0.25, 0.3) is 0 Å². The van der Waals surface area contributed by atoms with Gasteiger partial charge < -0.3 is 4.90 Å². The predicted octanol–water partition coefficient (Wildman–Crippen LogP) is 0.678. The van der Waals surface area contributed by atoms with Crippen LogP contribution in [-0.4, -0.2) is 29.3 Å². The number of amidine groups is 1. The zero-order valence-corrected chi connectivity index (χ0v) is 5.83. The summed E-state index contributed by atoms with van der Waals surface area (Å²) in [5.74, 6) is 1.02. The Hall–Kier alpha value is -0.440. The van der Waals surface area contributed by atoms with Crippen molar-refractivity contribution in [3.05, 3.63) is 0 Å². The molecule has 1 rings (SSSR count). The Labute approximate surface area is 54.2 Å². The van der Waals surface area contributed by atoms with Crippen LogP contribution >= 0.6 is 12.2 Å². The summed E-state index contributed by atoms with van der Waals surface area (Å²) < 4.78 is 0. The minimum atomic E-state index is 0.796. The molecule has 0 radical (unpaired) electrons. The first-order valence-corrected chi connectivity index (χ1v) is 2.90. The summed E-state index contributed by atoms with van der Waals surface area (Å²) in [6, 6.07) is 0. The Morgan fingerprint density at radius 2 is 2.38 bits per heavy atom. The number of likely N-dealkylation sites (N-methyl/N-ethyl adjacent to an activating group) is 1. The van der Waals surface area contributed by atoms with Crippen molar-refractivity contribution in [1.29, 1.82) is 0 Å². The normalized spacial score (nSPS) is 19.5. The predicted molar refractivity (Wildman–Crippen MR) is 38.3 cm³/mol. The molecule has 0 bridgehead atoms. The lowest BCUT2D eigenvalue weighted by Crippen LogP contribution is -2.20. The molecule has 0 saturated heterocycles. The van der Waals surface area contributed by atoms with Crippen molar-refractivity contribution in [2.24, 2.45) is 4.99 Å². The van der Waals surface area contributed by atoms with Gasteiger partial charge in [-0.1, -0.05) is 12.2 Å². The maximum absolute atomic E-state index is 4.84. The first-order valence-electron chi connectivity index (χ1n) is 2.49. The quantitative estimate of drug-likeness (QED) is 0.446. The standard InChI is InChI=1S/C5H8N2S/c1-4-6-5(8)3-7(4)2/h3H2,1-2H3. The second-order valence-electron chi connectivity index (χ2n) is 1.91. The lowest BCUT2D eigenvalue weighted by molar-refractivity contribution is 0.597. The molecule has 0 fully saturated rings. The van der Waals surface area contributed by atoms with Gasteiger partial charge in [0.15, 0.2) is 0 Å². The Morgan fingerprint density at radius 1 is 1.75 bits per heavy atom. The molecule has 1 aliphatic heterocycles. The zero-order chi connectivity index (χ0) is 6.15. The van der Waals surface area contributed by atoms with Gasteiger partial charge in [0.2, 0.25) is 0 Å². The third kappa shape index (κ3) is 0.865. The average molecular weight is 128 g/mol. The molecule has 0 N–H and O–H groups in total. The van der Waals surface area contributed by atoms with E-state index in [0.29, 0.717) is 0 Å². The molecule has 0 aromatic heterocycles. The summed E-state index contributed by atoms with van der Waals surface area (Å²) in [7, 11) is 1.98. The smallest absolute Gasteiger partial charge is 0.124 e. The topological polar surface area (TPSA) is 15.6 Å². The van der Waals surface area contributed by atoms with Crippen LogP contribution < -0.4 is 0 Å². The van der Waals surface area contributed by atoms with E-state index < -0.39 is 0 Å². The van der Waals surface area contributed by atoms with Crippen LogP contribution in [-0.2, 0) is 0 Å². The average Bonchev–Trinajstić information content (AvgIpc) is 1.85. The van der Waals surface area contributed by atoms with E-state index in [-0.39, 0.29) is 0 Å². The molecule has 3 heteroatoms. The van der Waals surface area contributed by atoms with Crippen LogP contribution in [0.15, 0.2) is 4.99 Å². The second-order valence-corrected chi connectivity index (χ2v) is 2.38. The largest absolute Gasteiger partial charge is 0.357 e. The fraction of sp³-hybridized carbons (Fsp3) is 0.600. The summed E-state index contributed by atoms with van der Waals surface area (Å²) in [4.78, 5) is 6.87. The molecule has 0 unspecified atom stereocenters. The van der Waals surface area contributed by atoms with Crippen LogP contribution in [0, 0.1) is 0 Å². The number of rotatable bonds is 0. The van der Waals surface area contributed by atoms with Gasteiger partial charge in [-0.3, -0.25) is 0 Å². The van der Waals surface area contributed by atoms with Gasteiger partial charge in [0.05, 0.1) is 6.54 Å². The summed E-state index contributed by atoms with van der Waals surface area (Å²) in [5, 5.41) is 0. The van der Waals surface area contributed by atoms with Crippen molar-refractivity contribution in [3.63, 3.8) is 0 Å². The van der Waals surface area contributed by atoms with E-state index in [1.54, 1.807) is 0 Å². The summed E-state index contributed by atoms with van der Waals surface area (Å²) in [6.07, 6.45) is 0. The van der Waals surface area contributed by atoms with Gasteiger partial charge in [-0.15, -0.1) is 0 Å². The first kappa shape index (κ1) is 5.69. The SMILES string of the molecule is CC1=NC(=S)CN1C. The highest BCUT2D eigenvalue weighted by Gasteiger charge is 2.10. The van der Waals surface area contributed by atoms with Gasteiger partial charge >= 0.3 is 0 Å². The molecule has 8 heavy (non-hydrogen) atoms. The number of aliphatic imine (C=N–C) groups is 1. The van der Waals surface area contributed by atoms with Crippen molar-refractivity contribution in [2.45, 2.75) is 6.92 Å². The lowest BCUT2D eigenvalue weighted by Gasteiger charge is -2.06. The number of hydrogen-bond donors (Lipinski definition) is 0. The van der Waals surface area contributed by atoms with Crippen LogP contribution in [0.5, 0.6) is 0 Å². The minimum absolute atomic E-state index is 0.796. The molecule has 0 aliphatic carbocycles. The van der Waals surface area contributed by atoms with Crippen molar-refractivity contribution < 1.29 is 0 Å². The highest BCUT2D eigenvalue weighted by molar-refractivity contribution is 7.80. The van der Waals surface area contributed by atoms with Gasteiger partial charge in [0.1, 0.15) is 10.8 Å². The first-order chi connectivity index (χ1) is 3.70. The van der Waals surface area contributed by atoms with Gasteiger partial charge in [0, 0.05) is 7.05 Å². The molecule has 0 aromatic carbocycles. The van der Waals surface area contributed by atoms with Crippen LogP contribution in [0.4, 0.5) is 0 Å². The van der Waals surface area contributed by atoms with E-state index in [2.05, 4.69) is 4.99 Å². The molecule has 0 spiro atoms. The lowest BCUT2D eigenvalue weighted by atomic mass is 10.6. The van der Waals surface area contributed by atoms with E-state index in [4.69, 9.17) is 12.2 Å². The Kier molecular flexibility index (Phi) is 1.29. The molecular weight excluding hydrogens is 120 g/mol. The number of nitrogens with zero attached hydrogens (tertiary/aromatic N) is 2. The Balaban J connectivity index is 2.73. The van der Waals surface area contributed by atoms with E-state index in [9.17, 15) is 0 Å². The van der Waals surface area contributed by atoms with E-state index >= 15 is 0 Å². The monoisotopic (exact) mass is 128 g/mol. The minimum Gasteiger partial charge on any atom is -0.357 e. The van der Waals surface area contributed by atoms with Crippen molar-refractivity contribution in [3.8, 4) is 0 Å². The van der Waals surface area contributed by atoms with E-state index in [1.807, 2.05) is 18.9 Å². The van der Waals surface area contributed by atoms with E-state index in [0.717, 1.165) is 17.4 Å². The Morgan fingerprint density at radius 3 is 2.50 bits per heavy atom. The second kappa shape index (κ2) is 1.82. The highest BCUT2D eigenvalue weighted by Crippen LogP contribution is 1.99. The number of hydrogen-bond acceptors (Lipinski definition) is 2. The van der Waals surface area contributed by atoms with Gasteiger partial charge in [-0.2, -0.15) is 0 Å². The fourth-order valence-electron chi connectivity index (χ4n) is 0.618. The molecule has 1 aliphatic rings. The van der Waals surface area contributed by atoms with Crippen molar-refractivity contribution >= 4 is 23.0 Å². The maximum atomic E-state index is 4.84. The summed E-state index contributed by atoms with van der Waals surface area (Å²) in [5.41, 5.74) is 0. The molecule has 0 aromatic rings. The maximum Gasteiger partial charge on any atom is 0.124 e. The molecule has 0 saturated carbocycles. The molecule has 0 amide bonds. The van der Waals surface area contributed by atoms with Crippen LogP contribution in [0.3, 0.4) is 0 Å². The van der Waals surface area contributed by atoms with Crippen molar-refractivity contribution in [2.75, 3.05) is 13.6 Å². The third-order valence-corrected chi connectivity index (χ3v) is 1.43. The third-order valence-electron chi connectivity index (χ3n) is 1.21. The molecule has 44 valence electrons. The number of thiocarbonyl (C=S) groups is 1. The fourth-order valence-corrected chi connectivity index (χ4v) is 0.944. The highest BCUT2D eigenvalue weighted by atomic mass is 32.1. The Bertz CT molecular complexity index is 151. The summed E-state index contributed by atoms with van der Waals surface area (Å²) >= 11 is 4.84. The van der Waals surface area contributed by atoms with Gasteiger partial charge in [-0.05, 0) is 6.92 Å². The van der Waals surface area contributed by atoms with Crippen molar-refractivity contribution in [1.82, 2.24) is 4.90 Å². The van der Waals surface area contributed by atoms with Crippen LogP contribution in [0.2, 0.25) is 0 Å². The molecule has 1 heterocycles. The van der Waals surface area contributed by atoms with Crippen LogP contribution in [0.1, 0.15) is 6.92 Å². The summed E-state index contributed by atoms with van der Waals surface area (Å²) in [6.45, 7) is 2.78. The molecular formula is C5H8N2S. The molecule has 2 nitrogen and oxygen atoms in total.